The summed E-state index contributed by atoms with van der Waals surface area (Å²) in [6.45, 7) is -0.0428. The molecule has 0 saturated carbocycles. The van der Waals surface area contributed by atoms with Crippen LogP contribution in [0.3, 0.4) is 0 Å². The van der Waals surface area contributed by atoms with Gasteiger partial charge in [0.05, 0.1) is 6.04 Å². The fourth-order valence-electron chi connectivity index (χ4n) is 1.79. The lowest BCUT2D eigenvalue weighted by molar-refractivity contribution is -0.306. The van der Waals surface area contributed by atoms with Crippen molar-refractivity contribution in [2.75, 3.05) is 6.79 Å². The Kier molecular flexibility index (Phi) is 3.92. The number of rotatable bonds is 4. The number of benzene rings is 1. The lowest BCUT2D eigenvalue weighted by Gasteiger charge is -2.20. The third-order valence-corrected chi connectivity index (χ3v) is 2.73. The summed E-state index contributed by atoms with van der Waals surface area (Å²) in [7, 11) is 0. The van der Waals surface area contributed by atoms with Gasteiger partial charge < -0.3 is 24.7 Å². The normalized spacial score (nSPS) is 14.6. The minimum Gasteiger partial charge on any atom is -0.550 e. The van der Waals surface area contributed by atoms with Gasteiger partial charge in [-0.2, -0.15) is 13.2 Å². The quantitative estimate of drug-likeness (QED) is 0.863. The summed E-state index contributed by atoms with van der Waals surface area (Å²) in [6, 6.07) is 2.68. The van der Waals surface area contributed by atoms with E-state index in [1.807, 2.05) is 0 Å². The van der Waals surface area contributed by atoms with Crippen molar-refractivity contribution in [2.24, 2.45) is 0 Å². The van der Waals surface area contributed by atoms with Crippen molar-refractivity contribution in [3.05, 3.63) is 23.8 Å². The maximum atomic E-state index is 12.3. The van der Waals surface area contributed by atoms with Crippen LogP contribution >= 0.6 is 0 Å². The lowest BCUT2D eigenvalue weighted by atomic mass is 10.0. The van der Waals surface area contributed by atoms with Crippen molar-refractivity contribution in [3.8, 4) is 11.5 Å². The van der Waals surface area contributed by atoms with Crippen molar-refractivity contribution in [1.29, 1.82) is 0 Å². The zero-order chi connectivity index (χ0) is 15.6. The molecule has 0 saturated heterocycles. The standard InChI is InChI=1S/C12H10F3NO5/c13-12(14,15)11(19)16-7(4-10(17)18)6-1-2-8-9(3-6)21-5-20-8/h1-3,7H,4-5H2,(H,16,19)(H,17,18)/p-1/t7-/m1/s1. The zero-order valence-corrected chi connectivity index (χ0v) is 10.4. The van der Waals surface area contributed by atoms with Crippen molar-refractivity contribution in [3.63, 3.8) is 0 Å². The average molecular weight is 304 g/mol. The molecule has 1 atom stereocenters. The van der Waals surface area contributed by atoms with Crippen LogP contribution in [0.25, 0.3) is 0 Å². The molecule has 1 amide bonds. The van der Waals surface area contributed by atoms with Crippen LogP contribution in [-0.4, -0.2) is 24.8 Å². The molecule has 1 aromatic rings. The number of halogens is 3. The minimum absolute atomic E-state index is 0.0428. The summed E-state index contributed by atoms with van der Waals surface area (Å²) < 4.78 is 46.9. The van der Waals surface area contributed by atoms with Gasteiger partial charge in [0, 0.05) is 12.4 Å². The molecule has 0 unspecified atom stereocenters. The second-order valence-corrected chi connectivity index (χ2v) is 4.21. The summed E-state index contributed by atoms with van der Waals surface area (Å²) in [5.74, 6) is -3.18. The van der Waals surface area contributed by atoms with Gasteiger partial charge in [-0.15, -0.1) is 0 Å². The molecule has 1 aliphatic heterocycles. The summed E-state index contributed by atoms with van der Waals surface area (Å²) in [4.78, 5) is 21.6. The molecule has 0 bridgehead atoms. The van der Waals surface area contributed by atoms with Crippen LogP contribution < -0.4 is 19.9 Å². The Bertz CT molecular complexity index is 573. The van der Waals surface area contributed by atoms with Crippen LogP contribution in [0.15, 0.2) is 18.2 Å². The molecule has 0 aromatic heterocycles. The highest BCUT2D eigenvalue weighted by atomic mass is 19.4. The van der Waals surface area contributed by atoms with Crippen molar-refractivity contribution in [2.45, 2.75) is 18.6 Å². The number of carbonyl (C=O) groups excluding carboxylic acids is 2. The number of carbonyl (C=O) groups is 2. The molecule has 0 fully saturated rings. The van der Waals surface area contributed by atoms with Crippen LogP contribution in [0, 0.1) is 0 Å². The first-order valence-corrected chi connectivity index (χ1v) is 5.74. The second-order valence-electron chi connectivity index (χ2n) is 4.21. The van der Waals surface area contributed by atoms with E-state index in [4.69, 9.17) is 9.47 Å². The summed E-state index contributed by atoms with van der Waals surface area (Å²) >= 11 is 0. The molecule has 114 valence electrons. The van der Waals surface area contributed by atoms with Gasteiger partial charge in [0.25, 0.3) is 0 Å². The maximum absolute atomic E-state index is 12.3. The van der Waals surface area contributed by atoms with E-state index in [0.717, 1.165) is 0 Å². The predicted molar refractivity (Wildman–Crippen MR) is 59.1 cm³/mol. The first-order chi connectivity index (χ1) is 9.77. The monoisotopic (exact) mass is 304 g/mol. The molecule has 1 aromatic carbocycles. The SMILES string of the molecule is O=C([O-])C[C@@H](NC(=O)C(F)(F)F)c1ccc2c(c1)OCO2. The first kappa shape index (κ1) is 14.9. The Balaban J connectivity index is 2.23. The number of ether oxygens (including phenoxy) is 2. The van der Waals surface area contributed by atoms with E-state index in [1.165, 1.54) is 18.2 Å². The fraction of sp³-hybridized carbons (Fsp3) is 0.333. The van der Waals surface area contributed by atoms with E-state index in [9.17, 15) is 27.9 Å². The molecule has 0 aliphatic carbocycles. The number of hydrogen-bond acceptors (Lipinski definition) is 5. The van der Waals surface area contributed by atoms with E-state index in [2.05, 4.69) is 0 Å². The number of carboxylic acids is 1. The molecule has 0 radical (unpaired) electrons. The van der Waals surface area contributed by atoms with Crippen LogP contribution in [-0.2, 0) is 9.59 Å². The Morgan fingerprint density at radius 2 is 1.95 bits per heavy atom. The van der Waals surface area contributed by atoms with Crippen LogP contribution in [0.5, 0.6) is 11.5 Å². The first-order valence-electron chi connectivity index (χ1n) is 5.74. The second kappa shape index (κ2) is 5.51. The number of amides is 1. The van der Waals surface area contributed by atoms with E-state index in [0.29, 0.717) is 5.75 Å². The lowest BCUT2D eigenvalue weighted by Crippen LogP contribution is -2.41. The van der Waals surface area contributed by atoms with Crippen molar-refractivity contribution in [1.82, 2.24) is 5.32 Å². The summed E-state index contributed by atoms with van der Waals surface area (Å²) in [6.07, 6.45) is -5.91. The van der Waals surface area contributed by atoms with Crippen molar-refractivity contribution >= 4 is 11.9 Å². The van der Waals surface area contributed by atoms with Gasteiger partial charge in [-0.3, -0.25) is 4.79 Å². The molecule has 0 spiro atoms. The van der Waals surface area contributed by atoms with Gasteiger partial charge in [0.1, 0.15) is 0 Å². The Labute approximate surface area is 116 Å². The Morgan fingerprint density at radius 3 is 2.57 bits per heavy atom. The number of aliphatic carboxylic acids is 1. The molecular formula is C12H9F3NO5-. The highest BCUT2D eigenvalue weighted by Gasteiger charge is 2.40. The van der Waals surface area contributed by atoms with Gasteiger partial charge in [0.2, 0.25) is 6.79 Å². The molecule has 6 nitrogen and oxygen atoms in total. The predicted octanol–water partition coefficient (Wildman–Crippen LogP) is 0.275. The fourth-order valence-corrected chi connectivity index (χ4v) is 1.79. The topological polar surface area (TPSA) is 87.7 Å². The third kappa shape index (κ3) is 3.56. The Morgan fingerprint density at radius 1 is 1.29 bits per heavy atom. The largest absolute Gasteiger partial charge is 0.550 e. The molecule has 1 N–H and O–H groups in total. The molecule has 9 heteroatoms. The molecule has 21 heavy (non-hydrogen) atoms. The maximum Gasteiger partial charge on any atom is 0.471 e. The Hall–Kier alpha value is -2.45. The smallest absolute Gasteiger partial charge is 0.471 e. The van der Waals surface area contributed by atoms with Crippen LogP contribution in [0.1, 0.15) is 18.0 Å². The van der Waals surface area contributed by atoms with Gasteiger partial charge in [0.15, 0.2) is 11.5 Å². The number of fused-ring (bicyclic) bond motifs is 1. The summed E-state index contributed by atoms with van der Waals surface area (Å²) in [5, 5.41) is 12.3. The van der Waals surface area contributed by atoms with E-state index in [1.54, 1.807) is 5.32 Å². The van der Waals surface area contributed by atoms with Crippen LogP contribution in [0.2, 0.25) is 0 Å². The zero-order valence-electron chi connectivity index (χ0n) is 10.4. The van der Waals surface area contributed by atoms with Gasteiger partial charge in [-0.25, -0.2) is 0 Å². The van der Waals surface area contributed by atoms with E-state index < -0.39 is 30.5 Å². The number of nitrogens with one attached hydrogen (secondary N) is 1. The number of carboxylic acid groups (broad SMARTS) is 1. The number of hydrogen-bond donors (Lipinski definition) is 1. The van der Waals surface area contributed by atoms with Crippen LogP contribution in [0.4, 0.5) is 13.2 Å². The highest BCUT2D eigenvalue weighted by Crippen LogP contribution is 2.35. The van der Waals surface area contributed by atoms with Gasteiger partial charge in [-0.05, 0) is 17.7 Å². The minimum atomic E-state index is -5.11. The highest BCUT2D eigenvalue weighted by molar-refractivity contribution is 5.82. The van der Waals surface area contributed by atoms with E-state index in [-0.39, 0.29) is 18.1 Å². The molecule has 2 rings (SSSR count). The third-order valence-electron chi connectivity index (χ3n) is 2.73. The summed E-state index contributed by atoms with van der Waals surface area (Å²) in [5.41, 5.74) is 0.140. The molecular weight excluding hydrogens is 295 g/mol. The van der Waals surface area contributed by atoms with E-state index >= 15 is 0 Å². The van der Waals surface area contributed by atoms with Gasteiger partial charge >= 0.3 is 12.1 Å². The number of alkyl halides is 3. The van der Waals surface area contributed by atoms with Crippen molar-refractivity contribution < 1.29 is 37.3 Å². The molecule has 1 aliphatic rings. The molecule has 1 heterocycles. The average Bonchev–Trinajstić information content (AvgIpc) is 2.83. The van der Waals surface area contributed by atoms with Gasteiger partial charge in [-0.1, -0.05) is 6.07 Å².